The van der Waals surface area contributed by atoms with E-state index in [1.807, 2.05) is 68.6 Å². The van der Waals surface area contributed by atoms with Crippen LogP contribution in [0.15, 0.2) is 79.3 Å². The lowest BCUT2D eigenvalue weighted by Gasteiger charge is -2.01. The highest BCUT2D eigenvalue weighted by atomic mass is 35.5. The van der Waals surface area contributed by atoms with Crippen LogP contribution in [0.4, 0.5) is 0 Å². The van der Waals surface area contributed by atoms with E-state index in [1.165, 1.54) is 24.8 Å². The standard InChI is InChI=1S/C15H12ClN3O2.C15H13N3O2/c1-9-5-3-4-6-10(9)12-8-19-14(17-12)11(15(20)21-2)7-13(16)18-19;1-10-5-3-4-6-11(10)13-9-18-14(17-13)12(7-8-16-18)15(19)20-2/h3-8H,1-2H3;3-9H,1-2H3. The summed E-state index contributed by atoms with van der Waals surface area (Å²) in [5.74, 6) is -0.912. The van der Waals surface area contributed by atoms with Gasteiger partial charge in [0.05, 0.1) is 38.0 Å². The fourth-order valence-corrected chi connectivity index (χ4v) is 4.54. The SMILES string of the molecule is COC(=O)c1cc(Cl)nn2cc(-c3ccccc3C)nc12.COC(=O)c1ccnn2cc(-c3ccccc3C)nc12. The highest BCUT2D eigenvalue weighted by Gasteiger charge is 2.18. The third-order valence-electron chi connectivity index (χ3n) is 6.41. The monoisotopic (exact) mass is 568 g/mol. The molecule has 0 aliphatic rings. The number of halogens is 1. The van der Waals surface area contributed by atoms with Gasteiger partial charge in [-0.25, -0.2) is 28.6 Å². The van der Waals surface area contributed by atoms with Crippen LogP contribution in [0.2, 0.25) is 5.15 Å². The second kappa shape index (κ2) is 11.6. The summed E-state index contributed by atoms with van der Waals surface area (Å²) >= 11 is 5.94. The van der Waals surface area contributed by atoms with Gasteiger partial charge < -0.3 is 9.47 Å². The molecular weight excluding hydrogens is 544 g/mol. The van der Waals surface area contributed by atoms with Crippen molar-refractivity contribution >= 4 is 34.8 Å². The highest BCUT2D eigenvalue weighted by Crippen LogP contribution is 2.25. The fourth-order valence-electron chi connectivity index (χ4n) is 4.35. The van der Waals surface area contributed by atoms with E-state index in [9.17, 15) is 9.59 Å². The van der Waals surface area contributed by atoms with Crippen LogP contribution in [0.5, 0.6) is 0 Å². The molecule has 6 rings (SSSR count). The molecule has 0 bridgehead atoms. The summed E-state index contributed by atoms with van der Waals surface area (Å²) in [6, 6.07) is 18.9. The molecule has 0 N–H and O–H groups in total. The molecule has 0 spiro atoms. The summed E-state index contributed by atoms with van der Waals surface area (Å²) < 4.78 is 12.6. The highest BCUT2D eigenvalue weighted by molar-refractivity contribution is 6.29. The molecule has 0 saturated heterocycles. The van der Waals surface area contributed by atoms with Gasteiger partial charge in [0.2, 0.25) is 0 Å². The topological polar surface area (TPSA) is 113 Å². The van der Waals surface area contributed by atoms with Crippen molar-refractivity contribution in [2.45, 2.75) is 13.8 Å². The molecule has 0 amide bonds. The molecule has 41 heavy (non-hydrogen) atoms. The van der Waals surface area contributed by atoms with Crippen LogP contribution in [0, 0.1) is 13.8 Å². The number of esters is 2. The van der Waals surface area contributed by atoms with E-state index >= 15 is 0 Å². The number of methoxy groups -OCH3 is 2. The molecule has 0 fully saturated rings. The summed E-state index contributed by atoms with van der Waals surface area (Å²) in [5, 5.41) is 8.53. The maximum absolute atomic E-state index is 11.8. The zero-order valence-electron chi connectivity index (χ0n) is 22.7. The Morgan fingerprint density at radius 3 is 1.80 bits per heavy atom. The van der Waals surface area contributed by atoms with Crippen molar-refractivity contribution in [1.29, 1.82) is 0 Å². The van der Waals surface area contributed by atoms with E-state index in [1.54, 1.807) is 23.0 Å². The van der Waals surface area contributed by atoms with Crippen LogP contribution in [-0.4, -0.2) is 55.4 Å². The summed E-state index contributed by atoms with van der Waals surface area (Å²) in [7, 11) is 2.67. The van der Waals surface area contributed by atoms with Crippen LogP contribution in [0.3, 0.4) is 0 Å². The van der Waals surface area contributed by atoms with Gasteiger partial charge in [0.25, 0.3) is 0 Å². The van der Waals surface area contributed by atoms with Crippen molar-refractivity contribution < 1.29 is 19.1 Å². The number of benzene rings is 2. The first-order valence-electron chi connectivity index (χ1n) is 12.5. The molecule has 0 aliphatic carbocycles. The number of aromatic nitrogens is 6. The van der Waals surface area contributed by atoms with Gasteiger partial charge in [0, 0.05) is 17.3 Å². The van der Waals surface area contributed by atoms with Gasteiger partial charge in [-0.3, -0.25) is 0 Å². The van der Waals surface area contributed by atoms with Crippen LogP contribution >= 0.6 is 11.6 Å². The number of aryl methyl sites for hydroxylation is 2. The Balaban J connectivity index is 0.000000165. The molecule has 206 valence electrons. The van der Waals surface area contributed by atoms with Crippen LogP contribution in [0.1, 0.15) is 31.8 Å². The molecule has 0 unspecified atom stereocenters. The third-order valence-corrected chi connectivity index (χ3v) is 6.59. The zero-order valence-corrected chi connectivity index (χ0v) is 23.5. The lowest BCUT2D eigenvalue weighted by Crippen LogP contribution is -2.06. The first kappa shape index (κ1) is 27.5. The van der Waals surface area contributed by atoms with Crippen molar-refractivity contribution in [2.24, 2.45) is 0 Å². The van der Waals surface area contributed by atoms with Crippen LogP contribution in [0.25, 0.3) is 33.8 Å². The summed E-state index contributed by atoms with van der Waals surface area (Å²) in [6.45, 7) is 4.02. The number of hydrogen-bond acceptors (Lipinski definition) is 8. The molecule has 0 atom stereocenters. The molecule has 2 aromatic carbocycles. The summed E-state index contributed by atoms with van der Waals surface area (Å²) in [6.07, 6.45) is 5.11. The molecule has 4 heterocycles. The van der Waals surface area contributed by atoms with Gasteiger partial charge in [0.1, 0.15) is 11.1 Å². The van der Waals surface area contributed by atoms with Gasteiger partial charge in [0.15, 0.2) is 16.4 Å². The fraction of sp³-hybridized carbons (Fsp3) is 0.133. The average molecular weight is 569 g/mol. The summed E-state index contributed by atoms with van der Waals surface area (Å²) in [5.41, 5.74) is 7.34. The minimum Gasteiger partial charge on any atom is -0.465 e. The number of ether oxygens (including phenoxy) is 2. The Morgan fingerprint density at radius 1 is 0.732 bits per heavy atom. The van der Waals surface area contributed by atoms with E-state index in [4.69, 9.17) is 21.1 Å². The molecular formula is C30H25ClN6O4. The number of fused-ring (bicyclic) bond motifs is 2. The number of hydrogen-bond donors (Lipinski definition) is 0. The van der Waals surface area contributed by atoms with Crippen molar-refractivity contribution in [3.05, 3.63) is 107 Å². The van der Waals surface area contributed by atoms with E-state index in [2.05, 4.69) is 20.2 Å². The first-order valence-corrected chi connectivity index (χ1v) is 12.9. The molecule has 0 radical (unpaired) electrons. The van der Waals surface area contributed by atoms with E-state index in [-0.39, 0.29) is 10.7 Å². The smallest absolute Gasteiger partial charge is 0.341 e. The Morgan fingerprint density at radius 2 is 1.24 bits per heavy atom. The van der Waals surface area contributed by atoms with Crippen LogP contribution in [-0.2, 0) is 9.47 Å². The maximum Gasteiger partial charge on any atom is 0.341 e. The van der Waals surface area contributed by atoms with Gasteiger partial charge >= 0.3 is 11.9 Å². The van der Waals surface area contributed by atoms with Crippen molar-refractivity contribution in [1.82, 2.24) is 29.2 Å². The Bertz CT molecular complexity index is 1910. The largest absolute Gasteiger partial charge is 0.465 e. The normalized spacial score (nSPS) is 10.8. The van der Waals surface area contributed by atoms with Crippen molar-refractivity contribution in [3.8, 4) is 22.5 Å². The Hall–Kier alpha value is -5.09. The third kappa shape index (κ3) is 5.50. The lowest BCUT2D eigenvalue weighted by molar-refractivity contribution is 0.0593. The number of rotatable bonds is 4. The Kier molecular flexibility index (Phi) is 7.75. The molecule has 4 aromatic heterocycles. The van der Waals surface area contributed by atoms with E-state index in [0.29, 0.717) is 16.9 Å². The van der Waals surface area contributed by atoms with E-state index < -0.39 is 11.9 Å². The number of nitrogens with zero attached hydrogens (tertiary/aromatic N) is 6. The lowest BCUT2D eigenvalue weighted by atomic mass is 10.1. The predicted octanol–water partition coefficient (Wildman–Crippen LogP) is 5.64. The second-order valence-corrected chi connectivity index (χ2v) is 9.41. The number of carbonyl (C=O) groups is 2. The number of imidazole rings is 2. The van der Waals surface area contributed by atoms with Gasteiger partial charge in [-0.1, -0.05) is 60.1 Å². The van der Waals surface area contributed by atoms with Crippen molar-refractivity contribution in [2.75, 3.05) is 14.2 Å². The maximum atomic E-state index is 11.8. The van der Waals surface area contributed by atoms with Gasteiger partial charge in [-0.15, -0.1) is 0 Å². The zero-order chi connectivity index (χ0) is 29.1. The summed E-state index contributed by atoms with van der Waals surface area (Å²) in [4.78, 5) is 32.6. The second-order valence-electron chi connectivity index (χ2n) is 9.03. The van der Waals surface area contributed by atoms with Gasteiger partial charge in [-0.2, -0.15) is 10.2 Å². The minimum atomic E-state index is -0.494. The quantitative estimate of drug-likeness (QED) is 0.251. The molecule has 0 saturated carbocycles. The van der Waals surface area contributed by atoms with Crippen LogP contribution < -0.4 is 0 Å². The van der Waals surface area contributed by atoms with Gasteiger partial charge in [-0.05, 0) is 37.1 Å². The van der Waals surface area contributed by atoms with E-state index in [0.717, 1.165) is 33.6 Å². The molecule has 10 nitrogen and oxygen atoms in total. The first-order chi connectivity index (χ1) is 19.8. The minimum absolute atomic E-state index is 0.205. The average Bonchev–Trinajstić information content (AvgIpc) is 3.61. The molecule has 11 heteroatoms. The Labute approximate surface area is 240 Å². The molecule has 0 aliphatic heterocycles. The van der Waals surface area contributed by atoms with Crippen molar-refractivity contribution in [3.63, 3.8) is 0 Å². The molecule has 6 aromatic rings. The number of carbonyl (C=O) groups excluding carboxylic acids is 2. The predicted molar refractivity (Wildman–Crippen MR) is 154 cm³/mol.